The molecule has 0 saturated carbocycles. The summed E-state index contributed by atoms with van der Waals surface area (Å²) in [7, 11) is -2.18. The van der Waals surface area contributed by atoms with E-state index in [9.17, 15) is 13.2 Å². The standard InChI is InChI=1S/C11H16ClNO4S2/c1-17-11(14)8-9(10-4-2-6-18-10)13-19(15,16)7-3-5-12/h2,4,6,9,13H,3,5,7-8H2,1H3. The summed E-state index contributed by atoms with van der Waals surface area (Å²) in [5.41, 5.74) is 0. The Hall–Kier alpha value is -0.630. The highest BCUT2D eigenvalue weighted by molar-refractivity contribution is 7.89. The van der Waals surface area contributed by atoms with Crippen molar-refractivity contribution >= 4 is 38.9 Å². The van der Waals surface area contributed by atoms with Crippen molar-refractivity contribution in [3.05, 3.63) is 22.4 Å². The van der Waals surface area contributed by atoms with Crippen LogP contribution in [0.5, 0.6) is 0 Å². The molecule has 8 heteroatoms. The maximum absolute atomic E-state index is 11.8. The fraction of sp³-hybridized carbons (Fsp3) is 0.545. The summed E-state index contributed by atoms with van der Waals surface area (Å²) in [6, 6.07) is 2.99. The quantitative estimate of drug-likeness (QED) is 0.585. The van der Waals surface area contributed by atoms with Crippen LogP contribution in [0, 0.1) is 0 Å². The Labute approximate surface area is 122 Å². The third-order valence-corrected chi connectivity index (χ3v) is 5.08. The second-order valence-corrected chi connectivity index (χ2v) is 7.06. The van der Waals surface area contributed by atoms with Gasteiger partial charge in [0.2, 0.25) is 10.0 Å². The van der Waals surface area contributed by atoms with Gasteiger partial charge in [0.25, 0.3) is 0 Å². The molecule has 0 bridgehead atoms. The van der Waals surface area contributed by atoms with Crippen molar-refractivity contribution in [1.29, 1.82) is 0 Å². The SMILES string of the molecule is COC(=O)CC(NS(=O)(=O)CCCCl)c1cccs1. The van der Waals surface area contributed by atoms with E-state index in [1.807, 2.05) is 5.38 Å². The average Bonchev–Trinajstić information content (AvgIpc) is 2.89. The number of rotatable bonds is 8. The molecule has 1 N–H and O–H groups in total. The predicted molar refractivity (Wildman–Crippen MR) is 76.0 cm³/mol. The smallest absolute Gasteiger partial charge is 0.307 e. The molecule has 1 aromatic heterocycles. The molecule has 0 amide bonds. The minimum atomic E-state index is -3.46. The second kappa shape index (κ2) is 7.84. The van der Waals surface area contributed by atoms with Gasteiger partial charge in [0.1, 0.15) is 0 Å². The van der Waals surface area contributed by atoms with Crippen LogP contribution < -0.4 is 4.72 Å². The average molecular weight is 326 g/mol. The largest absolute Gasteiger partial charge is 0.469 e. The van der Waals surface area contributed by atoms with E-state index in [0.29, 0.717) is 6.42 Å². The number of halogens is 1. The zero-order chi connectivity index (χ0) is 14.3. The zero-order valence-corrected chi connectivity index (χ0v) is 12.9. The molecule has 0 fully saturated rings. The summed E-state index contributed by atoms with van der Waals surface area (Å²) in [6.07, 6.45) is 0.337. The molecule has 0 aliphatic heterocycles. The van der Waals surface area contributed by atoms with Gasteiger partial charge in [0.05, 0.1) is 25.3 Å². The van der Waals surface area contributed by atoms with Crippen LogP contribution in [0.4, 0.5) is 0 Å². The topological polar surface area (TPSA) is 72.5 Å². The summed E-state index contributed by atoms with van der Waals surface area (Å²) in [6.45, 7) is 0. The Kier molecular flexibility index (Phi) is 6.78. The van der Waals surface area contributed by atoms with Crippen LogP contribution in [0.3, 0.4) is 0 Å². The van der Waals surface area contributed by atoms with Crippen LogP contribution in [0.25, 0.3) is 0 Å². The first kappa shape index (κ1) is 16.4. The second-order valence-electron chi connectivity index (χ2n) is 3.83. The fourth-order valence-electron chi connectivity index (χ4n) is 1.46. The van der Waals surface area contributed by atoms with Gasteiger partial charge < -0.3 is 4.74 Å². The van der Waals surface area contributed by atoms with Crippen molar-refractivity contribution in [1.82, 2.24) is 4.72 Å². The minimum Gasteiger partial charge on any atom is -0.469 e. The lowest BCUT2D eigenvalue weighted by atomic mass is 10.2. The lowest BCUT2D eigenvalue weighted by Gasteiger charge is -2.16. The first-order chi connectivity index (χ1) is 8.98. The Morgan fingerprint density at radius 1 is 1.58 bits per heavy atom. The van der Waals surface area contributed by atoms with Gasteiger partial charge in [0.15, 0.2) is 0 Å². The van der Waals surface area contributed by atoms with Crippen molar-refractivity contribution in [3.63, 3.8) is 0 Å². The molecular formula is C11H16ClNO4S2. The number of carbonyl (C=O) groups excluding carboxylic acids is 1. The number of hydrogen-bond acceptors (Lipinski definition) is 5. The van der Waals surface area contributed by atoms with Crippen LogP contribution >= 0.6 is 22.9 Å². The molecule has 108 valence electrons. The molecule has 5 nitrogen and oxygen atoms in total. The van der Waals surface area contributed by atoms with Crippen molar-refractivity contribution < 1.29 is 17.9 Å². The molecule has 1 atom stereocenters. The number of alkyl halides is 1. The van der Waals surface area contributed by atoms with Crippen LogP contribution in [-0.4, -0.2) is 33.1 Å². The summed E-state index contributed by atoms with van der Waals surface area (Å²) in [5, 5.41) is 1.83. The number of hydrogen-bond donors (Lipinski definition) is 1. The molecule has 0 saturated heterocycles. The number of thiophene rings is 1. The third kappa shape index (κ3) is 5.90. The number of ether oxygens (including phenoxy) is 1. The minimum absolute atomic E-state index is 0.0306. The van der Waals surface area contributed by atoms with E-state index in [4.69, 9.17) is 11.6 Å². The first-order valence-electron chi connectivity index (χ1n) is 5.64. The highest BCUT2D eigenvalue weighted by Gasteiger charge is 2.23. The molecule has 0 aliphatic carbocycles. The third-order valence-electron chi connectivity index (χ3n) is 2.35. The van der Waals surface area contributed by atoms with E-state index in [-0.39, 0.29) is 18.1 Å². The molecule has 1 unspecified atom stereocenters. The Balaban J connectivity index is 2.77. The Bertz CT molecular complexity index is 487. The lowest BCUT2D eigenvalue weighted by Crippen LogP contribution is -2.32. The van der Waals surface area contributed by atoms with Gasteiger partial charge in [0, 0.05) is 10.8 Å². The number of carbonyl (C=O) groups is 1. The predicted octanol–water partition coefficient (Wildman–Crippen LogP) is 1.90. The van der Waals surface area contributed by atoms with Gasteiger partial charge in [-0.1, -0.05) is 6.07 Å². The van der Waals surface area contributed by atoms with E-state index in [1.54, 1.807) is 12.1 Å². The molecule has 0 aliphatic rings. The monoisotopic (exact) mass is 325 g/mol. The maximum Gasteiger partial charge on any atom is 0.307 e. The van der Waals surface area contributed by atoms with Crippen molar-refractivity contribution in [2.45, 2.75) is 18.9 Å². The van der Waals surface area contributed by atoms with Crippen molar-refractivity contribution in [2.75, 3.05) is 18.7 Å². The van der Waals surface area contributed by atoms with Gasteiger partial charge in [-0.15, -0.1) is 22.9 Å². The highest BCUT2D eigenvalue weighted by Crippen LogP contribution is 2.23. The Morgan fingerprint density at radius 3 is 2.84 bits per heavy atom. The molecule has 0 spiro atoms. The van der Waals surface area contributed by atoms with Crippen LogP contribution in [0.15, 0.2) is 17.5 Å². The van der Waals surface area contributed by atoms with Crippen LogP contribution in [0.2, 0.25) is 0 Å². The highest BCUT2D eigenvalue weighted by atomic mass is 35.5. The molecule has 0 aromatic carbocycles. The fourth-order valence-corrected chi connectivity index (χ4v) is 3.89. The normalized spacial score (nSPS) is 13.2. The molecule has 1 heterocycles. The van der Waals surface area contributed by atoms with E-state index >= 15 is 0 Å². The number of sulfonamides is 1. The first-order valence-corrected chi connectivity index (χ1v) is 8.71. The molecule has 19 heavy (non-hydrogen) atoms. The van der Waals surface area contributed by atoms with Gasteiger partial charge in [-0.2, -0.15) is 0 Å². The van der Waals surface area contributed by atoms with Gasteiger partial charge in [-0.25, -0.2) is 13.1 Å². The maximum atomic E-state index is 11.8. The summed E-state index contributed by atoms with van der Waals surface area (Å²) in [5.74, 6) is -0.236. The summed E-state index contributed by atoms with van der Waals surface area (Å²) in [4.78, 5) is 12.1. The van der Waals surface area contributed by atoms with E-state index in [0.717, 1.165) is 4.88 Å². The van der Waals surface area contributed by atoms with E-state index < -0.39 is 22.0 Å². The number of nitrogens with one attached hydrogen (secondary N) is 1. The number of esters is 1. The summed E-state index contributed by atoms with van der Waals surface area (Å²) >= 11 is 6.87. The molecule has 0 radical (unpaired) electrons. The summed E-state index contributed by atoms with van der Waals surface area (Å²) < 4.78 is 30.8. The molecule has 1 aromatic rings. The van der Waals surface area contributed by atoms with Gasteiger partial charge in [-0.05, 0) is 17.9 Å². The van der Waals surface area contributed by atoms with Crippen molar-refractivity contribution in [3.8, 4) is 0 Å². The lowest BCUT2D eigenvalue weighted by molar-refractivity contribution is -0.141. The number of methoxy groups -OCH3 is 1. The van der Waals surface area contributed by atoms with Crippen molar-refractivity contribution in [2.24, 2.45) is 0 Å². The molecular weight excluding hydrogens is 310 g/mol. The van der Waals surface area contributed by atoms with E-state index in [1.165, 1.54) is 18.4 Å². The zero-order valence-electron chi connectivity index (χ0n) is 10.5. The molecule has 1 rings (SSSR count). The van der Waals surface area contributed by atoms with Gasteiger partial charge >= 0.3 is 5.97 Å². The van der Waals surface area contributed by atoms with E-state index in [2.05, 4.69) is 9.46 Å². The van der Waals surface area contributed by atoms with Gasteiger partial charge in [-0.3, -0.25) is 4.79 Å². The van der Waals surface area contributed by atoms with Crippen LogP contribution in [-0.2, 0) is 19.6 Å². The van der Waals surface area contributed by atoms with Crippen LogP contribution in [0.1, 0.15) is 23.8 Å². The Morgan fingerprint density at radius 2 is 2.32 bits per heavy atom.